The number of hydrogen-bond donors (Lipinski definition) is 0. The van der Waals surface area contributed by atoms with E-state index in [1.54, 1.807) is 0 Å². The van der Waals surface area contributed by atoms with Gasteiger partial charge in [-0.05, 0) is 132 Å². The molecule has 0 atom stereocenters. The summed E-state index contributed by atoms with van der Waals surface area (Å²) in [7, 11) is 0. The van der Waals surface area contributed by atoms with E-state index in [9.17, 15) is 0 Å². The number of anilines is 3. The largest absolute Gasteiger partial charge is 0.456 e. The monoisotopic (exact) mass is 749 g/mol. The molecule has 11 aromatic rings. The zero-order valence-electron chi connectivity index (χ0n) is 32.1. The van der Waals surface area contributed by atoms with Gasteiger partial charge in [0.15, 0.2) is 0 Å². The molecule has 0 amide bonds. The smallest absolute Gasteiger partial charge is 0.136 e. The molecule has 1 heterocycles. The average molecular weight is 750 g/mol. The third-order valence-electron chi connectivity index (χ3n) is 13.0. The van der Waals surface area contributed by atoms with Crippen molar-refractivity contribution in [1.82, 2.24) is 0 Å². The molecule has 2 nitrogen and oxygen atoms in total. The Balaban J connectivity index is 1.04. The highest BCUT2D eigenvalue weighted by Crippen LogP contribution is 2.63. The molecule has 0 radical (unpaired) electrons. The van der Waals surface area contributed by atoms with E-state index in [2.05, 4.69) is 217 Å². The second kappa shape index (κ2) is 12.2. The summed E-state index contributed by atoms with van der Waals surface area (Å²) in [4.78, 5) is 2.40. The molecule has 10 aromatic carbocycles. The van der Waals surface area contributed by atoms with Gasteiger partial charge in [-0.25, -0.2) is 0 Å². The molecule has 13 rings (SSSR count). The van der Waals surface area contributed by atoms with E-state index >= 15 is 0 Å². The first-order chi connectivity index (χ1) is 29.3. The molecule has 0 aliphatic heterocycles. The molecule has 2 heteroatoms. The molecule has 0 unspecified atom stereocenters. The van der Waals surface area contributed by atoms with Crippen molar-refractivity contribution in [2.45, 2.75) is 5.41 Å². The Morgan fingerprint density at radius 2 is 0.864 bits per heavy atom. The number of rotatable bonds is 4. The molecule has 1 aromatic heterocycles. The summed E-state index contributed by atoms with van der Waals surface area (Å²) in [6.07, 6.45) is 0. The van der Waals surface area contributed by atoms with Crippen LogP contribution in [-0.2, 0) is 5.41 Å². The summed E-state index contributed by atoms with van der Waals surface area (Å²) in [5.74, 6) is 0. The van der Waals surface area contributed by atoms with Crippen molar-refractivity contribution in [1.29, 1.82) is 0 Å². The van der Waals surface area contributed by atoms with Crippen molar-refractivity contribution in [2.75, 3.05) is 4.90 Å². The molecule has 0 N–H and O–H groups in total. The summed E-state index contributed by atoms with van der Waals surface area (Å²) < 4.78 is 6.65. The van der Waals surface area contributed by atoms with E-state index in [-0.39, 0.29) is 5.41 Å². The topological polar surface area (TPSA) is 16.4 Å². The molecule has 0 fully saturated rings. The highest BCUT2D eigenvalue weighted by atomic mass is 16.3. The minimum atomic E-state index is -0.382. The Morgan fingerprint density at radius 1 is 0.305 bits per heavy atom. The fraction of sp³-hybridized carbons (Fsp3) is 0.0175. The van der Waals surface area contributed by atoms with Gasteiger partial charge in [0, 0.05) is 27.8 Å². The van der Waals surface area contributed by atoms with Gasteiger partial charge in [0.1, 0.15) is 11.2 Å². The lowest BCUT2D eigenvalue weighted by Crippen LogP contribution is -2.25. The maximum Gasteiger partial charge on any atom is 0.136 e. The Kier molecular flexibility index (Phi) is 6.68. The summed E-state index contributed by atoms with van der Waals surface area (Å²) in [5, 5.41) is 7.20. The highest BCUT2D eigenvalue weighted by molar-refractivity contribution is 6.20. The molecule has 2 aliphatic rings. The predicted molar refractivity (Wildman–Crippen MR) is 245 cm³/mol. The second-order valence-electron chi connectivity index (χ2n) is 15.9. The van der Waals surface area contributed by atoms with E-state index in [1.807, 2.05) is 0 Å². The fourth-order valence-corrected chi connectivity index (χ4v) is 10.7. The van der Waals surface area contributed by atoms with Gasteiger partial charge < -0.3 is 9.32 Å². The van der Waals surface area contributed by atoms with Crippen LogP contribution in [0.25, 0.3) is 76.9 Å². The number of fused-ring (bicyclic) bond motifs is 16. The van der Waals surface area contributed by atoms with Crippen LogP contribution >= 0.6 is 0 Å². The van der Waals surface area contributed by atoms with Crippen LogP contribution in [0.3, 0.4) is 0 Å². The van der Waals surface area contributed by atoms with Gasteiger partial charge in [-0.1, -0.05) is 158 Å². The Morgan fingerprint density at radius 3 is 1.61 bits per heavy atom. The summed E-state index contributed by atoms with van der Waals surface area (Å²) in [5.41, 5.74) is 17.6. The van der Waals surface area contributed by atoms with Crippen LogP contribution in [0.5, 0.6) is 0 Å². The van der Waals surface area contributed by atoms with Crippen molar-refractivity contribution in [3.63, 3.8) is 0 Å². The van der Waals surface area contributed by atoms with Gasteiger partial charge in [-0.2, -0.15) is 0 Å². The van der Waals surface area contributed by atoms with Crippen LogP contribution in [0.15, 0.2) is 217 Å². The van der Waals surface area contributed by atoms with Crippen LogP contribution in [-0.4, -0.2) is 0 Å². The van der Waals surface area contributed by atoms with Gasteiger partial charge in [0.2, 0.25) is 0 Å². The number of hydrogen-bond acceptors (Lipinski definition) is 2. The van der Waals surface area contributed by atoms with Gasteiger partial charge in [0.05, 0.1) is 5.41 Å². The van der Waals surface area contributed by atoms with Crippen molar-refractivity contribution in [3.05, 3.63) is 235 Å². The minimum Gasteiger partial charge on any atom is -0.456 e. The predicted octanol–water partition coefficient (Wildman–Crippen LogP) is 15.4. The summed E-state index contributed by atoms with van der Waals surface area (Å²) in [6.45, 7) is 0. The Hall–Kier alpha value is -7.68. The third-order valence-corrected chi connectivity index (χ3v) is 13.0. The lowest BCUT2D eigenvalue weighted by Gasteiger charge is -2.31. The van der Waals surface area contributed by atoms with Gasteiger partial charge >= 0.3 is 0 Å². The molecule has 274 valence electrons. The Labute approximate surface area is 341 Å². The standard InChI is InChI=1S/C57H35NO/c1-2-16-37(17-3-1)58(38-29-31-53-48(34-38)45-23-10-13-27-52(45)57(53)50-25-11-8-21-43(50)44-22-9-12-26-51(44)57)39-30-32-54-49(35-39)56-46(24-14-28-55(56)59-54)47-33-36-15-4-5-18-40(36)41-19-6-7-20-42(41)47/h1-35H. The van der Waals surface area contributed by atoms with E-state index < -0.39 is 0 Å². The van der Waals surface area contributed by atoms with Crippen LogP contribution in [0.4, 0.5) is 17.1 Å². The highest BCUT2D eigenvalue weighted by Gasteiger charge is 2.51. The normalized spacial score (nSPS) is 13.2. The number of nitrogens with zero attached hydrogens (tertiary/aromatic N) is 1. The van der Waals surface area contributed by atoms with Crippen LogP contribution in [0.1, 0.15) is 22.3 Å². The molecule has 0 saturated heterocycles. The maximum absolute atomic E-state index is 6.65. The third kappa shape index (κ3) is 4.40. The van der Waals surface area contributed by atoms with Gasteiger partial charge in [-0.15, -0.1) is 0 Å². The zero-order chi connectivity index (χ0) is 38.7. The van der Waals surface area contributed by atoms with E-state index in [1.165, 1.54) is 77.2 Å². The summed E-state index contributed by atoms with van der Waals surface area (Å²) >= 11 is 0. The molecule has 0 saturated carbocycles. The van der Waals surface area contributed by atoms with Crippen molar-refractivity contribution in [2.24, 2.45) is 0 Å². The molecule has 59 heavy (non-hydrogen) atoms. The van der Waals surface area contributed by atoms with E-state index in [0.29, 0.717) is 0 Å². The number of para-hydroxylation sites is 1. The molecule has 2 aliphatic carbocycles. The van der Waals surface area contributed by atoms with Crippen molar-refractivity contribution < 1.29 is 4.42 Å². The molecule has 0 bridgehead atoms. The fourth-order valence-electron chi connectivity index (χ4n) is 10.7. The first-order valence-electron chi connectivity index (χ1n) is 20.4. The molecular weight excluding hydrogens is 715 g/mol. The van der Waals surface area contributed by atoms with E-state index in [0.717, 1.165) is 39.0 Å². The van der Waals surface area contributed by atoms with Crippen molar-refractivity contribution >= 4 is 60.5 Å². The SMILES string of the molecule is c1ccc(N(c2ccc3c(c2)-c2ccccc2C32c3ccccc3-c3ccccc32)c2ccc3oc4cccc(-c5cc6ccccc6c6ccccc56)c4c3c2)cc1. The second-order valence-corrected chi connectivity index (χ2v) is 15.9. The molecule has 1 spiro atoms. The first-order valence-corrected chi connectivity index (χ1v) is 20.4. The number of furan rings is 1. The van der Waals surface area contributed by atoms with E-state index in [4.69, 9.17) is 4.42 Å². The quantitative estimate of drug-likeness (QED) is 0.167. The maximum atomic E-state index is 6.65. The van der Waals surface area contributed by atoms with Gasteiger partial charge in [0.25, 0.3) is 0 Å². The molecular formula is C57H35NO. The lowest BCUT2D eigenvalue weighted by molar-refractivity contribution is 0.669. The van der Waals surface area contributed by atoms with Gasteiger partial charge in [-0.3, -0.25) is 0 Å². The zero-order valence-corrected chi connectivity index (χ0v) is 32.1. The Bertz CT molecular complexity index is 3470. The number of benzene rings is 10. The van der Waals surface area contributed by atoms with Crippen LogP contribution in [0.2, 0.25) is 0 Å². The first kappa shape index (κ1) is 32.4. The summed E-state index contributed by atoms with van der Waals surface area (Å²) in [6, 6.07) is 77.9. The van der Waals surface area contributed by atoms with Crippen LogP contribution < -0.4 is 4.90 Å². The average Bonchev–Trinajstić information content (AvgIpc) is 3.93. The van der Waals surface area contributed by atoms with Crippen LogP contribution in [0, 0.1) is 0 Å². The lowest BCUT2D eigenvalue weighted by atomic mass is 9.70. The minimum absolute atomic E-state index is 0.382. The van der Waals surface area contributed by atoms with Crippen molar-refractivity contribution in [3.8, 4) is 33.4 Å².